The van der Waals surface area contributed by atoms with E-state index in [-0.39, 0.29) is 5.97 Å². The van der Waals surface area contributed by atoms with Crippen LogP contribution >= 0.6 is 0 Å². The summed E-state index contributed by atoms with van der Waals surface area (Å²) < 4.78 is 4.93. The molecule has 1 fully saturated rings. The first-order valence-corrected chi connectivity index (χ1v) is 5.75. The van der Waals surface area contributed by atoms with Gasteiger partial charge in [0.15, 0.2) is 0 Å². The summed E-state index contributed by atoms with van der Waals surface area (Å²) in [4.78, 5) is 13.4. The number of carbonyl (C=O) groups is 1. The van der Waals surface area contributed by atoms with E-state index < -0.39 is 0 Å². The molecule has 0 aliphatic heterocycles. The number of esters is 1. The molecule has 1 saturated carbocycles. The van der Waals surface area contributed by atoms with E-state index in [2.05, 4.69) is 4.90 Å². The average Bonchev–Trinajstić information content (AvgIpc) is 2.65. The molecule has 2 atom stereocenters. The summed E-state index contributed by atoms with van der Waals surface area (Å²) in [5, 5.41) is 0. The minimum absolute atomic E-state index is 0.136. The van der Waals surface area contributed by atoms with Crippen LogP contribution in [-0.4, -0.2) is 43.7 Å². The lowest BCUT2D eigenvalue weighted by Crippen LogP contribution is -2.40. The lowest BCUT2D eigenvalue weighted by molar-refractivity contribution is -0.144. The van der Waals surface area contributed by atoms with E-state index in [0.717, 1.165) is 13.0 Å². The molecule has 1 aliphatic carbocycles. The third-order valence-corrected chi connectivity index (χ3v) is 3.17. The van der Waals surface area contributed by atoms with E-state index in [9.17, 15) is 4.79 Å². The van der Waals surface area contributed by atoms with Gasteiger partial charge in [0, 0.05) is 6.04 Å². The monoisotopic (exact) mass is 214 g/mol. The number of carbonyl (C=O) groups excluding carboxylic acids is 1. The molecule has 15 heavy (non-hydrogen) atoms. The maximum atomic E-state index is 11.3. The Morgan fingerprint density at radius 2 is 2.27 bits per heavy atom. The highest BCUT2D eigenvalue weighted by atomic mass is 16.5. The normalized spacial score (nSPS) is 25.9. The first kappa shape index (κ1) is 12.5. The Balaban J connectivity index is 2.38. The maximum Gasteiger partial charge on any atom is 0.320 e. The lowest BCUT2D eigenvalue weighted by atomic mass is 10.0. The Morgan fingerprint density at radius 1 is 1.53 bits per heavy atom. The summed E-state index contributed by atoms with van der Waals surface area (Å²) in [6, 6.07) is 0.458. The highest BCUT2D eigenvalue weighted by Crippen LogP contribution is 2.28. The van der Waals surface area contributed by atoms with Crippen LogP contribution in [0.4, 0.5) is 0 Å². The van der Waals surface area contributed by atoms with E-state index >= 15 is 0 Å². The van der Waals surface area contributed by atoms with E-state index in [1.54, 1.807) is 0 Å². The minimum Gasteiger partial charge on any atom is -0.465 e. The van der Waals surface area contributed by atoms with Gasteiger partial charge in [0.2, 0.25) is 0 Å². The van der Waals surface area contributed by atoms with Gasteiger partial charge < -0.3 is 10.5 Å². The molecule has 2 N–H and O–H groups in total. The molecule has 0 aromatic heterocycles. The van der Waals surface area contributed by atoms with Crippen LogP contribution in [-0.2, 0) is 9.53 Å². The molecule has 0 aromatic carbocycles. The minimum atomic E-state index is -0.136. The second-order valence-corrected chi connectivity index (χ2v) is 4.21. The van der Waals surface area contributed by atoms with Gasteiger partial charge in [0.05, 0.1) is 13.2 Å². The van der Waals surface area contributed by atoms with Crippen LogP contribution in [0.2, 0.25) is 0 Å². The number of nitrogens with two attached hydrogens (primary N) is 1. The van der Waals surface area contributed by atoms with Crippen molar-refractivity contribution in [2.24, 2.45) is 11.7 Å². The number of ether oxygens (including phenoxy) is 1. The average molecular weight is 214 g/mol. The number of nitrogens with zero attached hydrogens (tertiary/aromatic N) is 1. The first-order chi connectivity index (χ1) is 7.19. The Hall–Kier alpha value is -0.610. The molecule has 0 bridgehead atoms. The number of rotatable bonds is 5. The number of hydrogen-bond donors (Lipinski definition) is 1. The van der Waals surface area contributed by atoms with Gasteiger partial charge in [-0.15, -0.1) is 0 Å². The summed E-state index contributed by atoms with van der Waals surface area (Å²) in [5.74, 6) is 0.409. The van der Waals surface area contributed by atoms with Crippen LogP contribution in [0.25, 0.3) is 0 Å². The van der Waals surface area contributed by atoms with Crippen molar-refractivity contribution >= 4 is 5.97 Å². The lowest BCUT2D eigenvalue weighted by Gasteiger charge is -2.28. The summed E-state index contributed by atoms with van der Waals surface area (Å²) in [6.07, 6.45) is 3.56. The van der Waals surface area contributed by atoms with Crippen molar-refractivity contribution in [3.05, 3.63) is 0 Å². The molecule has 0 aromatic rings. The molecule has 0 saturated heterocycles. The van der Waals surface area contributed by atoms with Crippen molar-refractivity contribution in [2.75, 3.05) is 26.7 Å². The van der Waals surface area contributed by atoms with Gasteiger partial charge in [-0.25, -0.2) is 0 Å². The summed E-state index contributed by atoms with van der Waals surface area (Å²) in [6.45, 7) is 3.39. The van der Waals surface area contributed by atoms with Crippen LogP contribution in [0.15, 0.2) is 0 Å². The van der Waals surface area contributed by atoms with Gasteiger partial charge in [-0.3, -0.25) is 9.69 Å². The van der Waals surface area contributed by atoms with Crippen LogP contribution in [0.5, 0.6) is 0 Å². The molecule has 2 unspecified atom stereocenters. The van der Waals surface area contributed by atoms with E-state index in [4.69, 9.17) is 10.5 Å². The molecule has 4 nitrogen and oxygen atoms in total. The van der Waals surface area contributed by atoms with Crippen molar-refractivity contribution < 1.29 is 9.53 Å². The third-order valence-electron chi connectivity index (χ3n) is 3.17. The number of hydrogen-bond acceptors (Lipinski definition) is 4. The zero-order chi connectivity index (χ0) is 11.3. The van der Waals surface area contributed by atoms with Gasteiger partial charge in [-0.2, -0.15) is 0 Å². The van der Waals surface area contributed by atoms with Gasteiger partial charge in [0.25, 0.3) is 0 Å². The molecule has 0 amide bonds. The molecule has 4 heteroatoms. The number of likely N-dealkylation sites (N-methyl/N-ethyl adjacent to an activating group) is 1. The largest absolute Gasteiger partial charge is 0.465 e. The predicted molar refractivity (Wildman–Crippen MR) is 59.4 cm³/mol. The fraction of sp³-hybridized carbons (Fsp3) is 0.909. The van der Waals surface area contributed by atoms with Crippen molar-refractivity contribution in [1.82, 2.24) is 4.90 Å². The molecule has 1 rings (SSSR count). The highest BCUT2D eigenvalue weighted by molar-refractivity contribution is 5.71. The third kappa shape index (κ3) is 3.47. The summed E-state index contributed by atoms with van der Waals surface area (Å²) in [7, 11) is 1.98. The molecule has 1 aliphatic rings. The molecule has 0 spiro atoms. The van der Waals surface area contributed by atoms with Crippen LogP contribution in [0, 0.1) is 5.92 Å². The zero-order valence-electron chi connectivity index (χ0n) is 9.74. The standard InChI is InChI=1S/C11H22N2O2/c1-3-15-11(14)8-13(2)10-6-4-5-9(10)7-12/h9-10H,3-8,12H2,1-2H3. The Kier molecular flexibility index (Phi) is 5.05. The van der Waals surface area contributed by atoms with Crippen LogP contribution in [0.3, 0.4) is 0 Å². The van der Waals surface area contributed by atoms with Crippen molar-refractivity contribution in [3.63, 3.8) is 0 Å². The van der Waals surface area contributed by atoms with E-state index in [1.165, 1.54) is 12.8 Å². The van der Waals surface area contributed by atoms with Crippen LogP contribution in [0.1, 0.15) is 26.2 Å². The Bertz CT molecular complexity index is 209. The van der Waals surface area contributed by atoms with Crippen molar-refractivity contribution in [3.8, 4) is 0 Å². The fourth-order valence-corrected chi connectivity index (χ4v) is 2.40. The van der Waals surface area contributed by atoms with Crippen molar-refractivity contribution in [2.45, 2.75) is 32.2 Å². The molecule has 88 valence electrons. The first-order valence-electron chi connectivity index (χ1n) is 5.75. The van der Waals surface area contributed by atoms with Crippen molar-refractivity contribution in [1.29, 1.82) is 0 Å². The van der Waals surface area contributed by atoms with Gasteiger partial charge >= 0.3 is 5.97 Å². The quantitative estimate of drug-likeness (QED) is 0.681. The highest BCUT2D eigenvalue weighted by Gasteiger charge is 2.30. The summed E-state index contributed by atoms with van der Waals surface area (Å²) >= 11 is 0. The van der Waals surface area contributed by atoms with Gasteiger partial charge in [0.1, 0.15) is 0 Å². The summed E-state index contributed by atoms with van der Waals surface area (Å²) in [5.41, 5.74) is 5.71. The topological polar surface area (TPSA) is 55.6 Å². The zero-order valence-corrected chi connectivity index (χ0v) is 9.74. The molecule has 0 radical (unpaired) electrons. The Morgan fingerprint density at radius 3 is 2.87 bits per heavy atom. The smallest absolute Gasteiger partial charge is 0.320 e. The fourth-order valence-electron chi connectivity index (χ4n) is 2.40. The SMILES string of the molecule is CCOC(=O)CN(C)C1CCCC1CN. The molecular weight excluding hydrogens is 192 g/mol. The van der Waals surface area contributed by atoms with E-state index in [0.29, 0.717) is 25.1 Å². The Labute approximate surface area is 91.8 Å². The second-order valence-electron chi connectivity index (χ2n) is 4.21. The second kappa shape index (κ2) is 6.08. The predicted octanol–water partition coefficient (Wildman–Crippen LogP) is 0.609. The molecule has 0 heterocycles. The van der Waals surface area contributed by atoms with Crippen LogP contribution < -0.4 is 5.73 Å². The van der Waals surface area contributed by atoms with Gasteiger partial charge in [-0.1, -0.05) is 6.42 Å². The molecular formula is C11H22N2O2. The van der Waals surface area contributed by atoms with E-state index in [1.807, 2.05) is 14.0 Å². The maximum absolute atomic E-state index is 11.3. The van der Waals surface area contributed by atoms with Gasteiger partial charge in [-0.05, 0) is 39.3 Å².